The molecule has 1 fully saturated rings. The summed E-state index contributed by atoms with van der Waals surface area (Å²) in [6, 6.07) is 6.59. The van der Waals surface area contributed by atoms with Gasteiger partial charge in [0, 0.05) is 24.9 Å². The van der Waals surface area contributed by atoms with Crippen molar-refractivity contribution in [3.8, 4) is 0 Å². The second-order valence-electron chi connectivity index (χ2n) is 8.52. The Morgan fingerprint density at radius 2 is 2.04 bits per heavy atom. The normalized spacial score (nSPS) is 25.5. The number of quaternary nitrogens is 1. The molecule has 3 rings (SSSR count). The number of piperidine rings is 1. The first-order valence-electron chi connectivity index (χ1n) is 10.8. The van der Waals surface area contributed by atoms with E-state index >= 15 is 0 Å². The first-order chi connectivity index (χ1) is 13.0. The molecule has 5 heteroatoms. The number of carbonyl (C=O) groups excluding carboxylic acids is 2. The van der Waals surface area contributed by atoms with E-state index in [0.29, 0.717) is 35.8 Å². The number of hydrogen-bond acceptors (Lipinski definition) is 3. The van der Waals surface area contributed by atoms with E-state index < -0.39 is 0 Å². The number of amides is 1. The Morgan fingerprint density at radius 1 is 1.25 bits per heavy atom. The molecule has 0 bridgehead atoms. The molecule has 28 heavy (non-hydrogen) atoms. The summed E-state index contributed by atoms with van der Waals surface area (Å²) < 4.78 is 0.556. The molecule has 2 aliphatic rings. The molecule has 0 spiro atoms. The summed E-state index contributed by atoms with van der Waals surface area (Å²) >= 11 is 0. The van der Waals surface area contributed by atoms with E-state index in [1.807, 2.05) is 12.1 Å². The lowest BCUT2D eigenvalue weighted by Crippen LogP contribution is -2.68. The second kappa shape index (κ2) is 10.00. The maximum atomic E-state index is 13.7. The Labute approximate surface area is 175 Å². The third kappa shape index (κ3) is 4.34. The lowest BCUT2D eigenvalue weighted by atomic mass is 9.88. The first kappa shape index (κ1) is 23.1. The van der Waals surface area contributed by atoms with Crippen LogP contribution in [0.5, 0.6) is 0 Å². The van der Waals surface area contributed by atoms with Crippen LogP contribution < -0.4 is 5.73 Å². The molecule has 2 N–H and O–H groups in total. The number of Topliss-reactive ketones (excluding diaryl/α,β-unsaturated/α-hetero) is 1. The van der Waals surface area contributed by atoms with Gasteiger partial charge in [0.1, 0.15) is 6.04 Å². The minimum Gasteiger partial charge on any atom is -0.325 e. The second-order valence-corrected chi connectivity index (χ2v) is 8.52. The van der Waals surface area contributed by atoms with Crippen molar-refractivity contribution in [3.63, 3.8) is 0 Å². The van der Waals surface area contributed by atoms with E-state index in [1.54, 1.807) is 0 Å². The van der Waals surface area contributed by atoms with Gasteiger partial charge in [0.25, 0.3) is 0 Å². The summed E-state index contributed by atoms with van der Waals surface area (Å²) in [5, 5.41) is 0. The van der Waals surface area contributed by atoms with Crippen LogP contribution in [0.4, 0.5) is 0 Å². The number of fused-ring (bicyclic) bond motifs is 1. The summed E-state index contributed by atoms with van der Waals surface area (Å²) in [5.41, 5.74) is 9.18. The van der Waals surface area contributed by atoms with Crippen LogP contribution in [-0.2, 0) is 17.6 Å². The standard InChI is InChI=1S/C23H35N2O2.ClH/c1-3-7-17(2)25(13-5-4-9-20(25)16-24)23(27)15-18-11-12-21-19(14-18)8-6-10-22(21)26;/h11-12,14,17,20H,3-10,13,15-16,24H2,1-2H3;1H/q+1;/t17?,20-,25?;/m0./s1. The van der Waals surface area contributed by atoms with Crippen molar-refractivity contribution in [1.29, 1.82) is 0 Å². The highest BCUT2D eigenvalue weighted by Crippen LogP contribution is 2.33. The molecule has 156 valence electrons. The third-order valence-electron chi connectivity index (χ3n) is 6.87. The fourth-order valence-electron chi connectivity index (χ4n) is 5.41. The Morgan fingerprint density at radius 3 is 2.75 bits per heavy atom. The van der Waals surface area contributed by atoms with Gasteiger partial charge in [-0.05, 0) is 50.2 Å². The quantitative estimate of drug-likeness (QED) is 0.718. The van der Waals surface area contributed by atoms with Gasteiger partial charge < -0.3 is 5.73 Å². The fraction of sp³-hybridized carbons (Fsp3) is 0.652. The predicted molar refractivity (Wildman–Crippen MR) is 116 cm³/mol. The van der Waals surface area contributed by atoms with Crippen LogP contribution >= 0.6 is 12.4 Å². The van der Waals surface area contributed by atoms with Gasteiger partial charge >= 0.3 is 5.91 Å². The number of ketones is 1. The maximum absolute atomic E-state index is 13.7. The monoisotopic (exact) mass is 407 g/mol. The number of nitrogens with zero attached hydrogens (tertiary/aromatic N) is 1. The smallest absolute Gasteiger partial charge is 0.318 e. The van der Waals surface area contributed by atoms with Crippen LogP contribution in [0.3, 0.4) is 0 Å². The van der Waals surface area contributed by atoms with Crippen molar-refractivity contribution in [1.82, 2.24) is 0 Å². The molecule has 1 aromatic carbocycles. The Kier molecular flexibility index (Phi) is 8.23. The molecule has 1 aliphatic heterocycles. The van der Waals surface area contributed by atoms with Crippen molar-refractivity contribution < 1.29 is 14.1 Å². The van der Waals surface area contributed by atoms with Gasteiger partial charge in [-0.15, -0.1) is 12.4 Å². The number of benzene rings is 1. The Balaban J connectivity index is 0.00000280. The topological polar surface area (TPSA) is 60.2 Å². The number of rotatable bonds is 6. The van der Waals surface area contributed by atoms with Gasteiger partial charge in [0.2, 0.25) is 0 Å². The van der Waals surface area contributed by atoms with Gasteiger partial charge in [-0.2, -0.15) is 0 Å². The SMILES string of the molecule is CCCC(C)[N+]1(C(=O)Cc2ccc3c(c2)CCCC3=O)CCCC[C@H]1CN.Cl. The Hall–Kier alpha value is -1.23. The number of nitrogens with two attached hydrogens (primary N) is 1. The molecule has 1 saturated heterocycles. The minimum absolute atomic E-state index is 0. The zero-order chi connectivity index (χ0) is 19.4. The molecular weight excluding hydrogens is 372 g/mol. The third-order valence-corrected chi connectivity index (χ3v) is 6.87. The van der Waals surface area contributed by atoms with Gasteiger partial charge in [0.05, 0.1) is 19.0 Å². The lowest BCUT2D eigenvalue weighted by molar-refractivity contribution is -0.905. The molecule has 4 nitrogen and oxygen atoms in total. The van der Waals surface area contributed by atoms with Crippen molar-refractivity contribution >= 4 is 24.1 Å². The minimum atomic E-state index is 0. The first-order valence-corrected chi connectivity index (χ1v) is 10.8. The molecule has 0 aromatic heterocycles. The van der Waals surface area contributed by atoms with Gasteiger partial charge in [-0.1, -0.05) is 31.5 Å². The largest absolute Gasteiger partial charge is 0.325 e. The molecule has 1 amide bonds. The van der Waals surface area contributed by atoms with E-state index in [-0.39, 0.29) is 24.2 Å². The molecule has 2 unspecified atom stereocenters. The van der Waals surface area contributed by atoms with Crippen LogP contribution in [-0.4, -0.2) is 41.3 Å². The highest BCUT2D eigenvalue weighted by atomic mass is 35.5. The van der Waals surface area contributed by atoms with Crippen LogP contribution in [0.2, 0.25) is 0 Å². The molecule has 0 saturated carbocycles. The summed E-state index contributed by atoms with van der Waals surface area (Å²) in [6.07, 6.45) is 8.45. The number of halogens is 1. The van der Waals surface area contributed by atoms with Gasteiger partial charge in [0.15, 0.2) is 5.78 Å². The number of likely N-dealkylation sites (tertiary alicyclic amines) is 1. The number of hydrogen-bond donors (Lipinski definition) is 1. The zero-order valence-corrected chi connectivity index (χ0v) is 18.2. The van der Waals surface area contributed by atoms with Gasteiger partial charge in [-0.25, -0.2) is 4.79 Å². The average Bonchev–Trinajstić information content (AvgIpc) is 2.68. The molecule has 1 aliphatic carbocycles. The van der Waals surface area contributed by atoms with E-state index in [1.165, 1.54) is 6.42 Å². The molecule has 1 heterocycles. The van der Waals surface area contributed by atoms with Crippen LogP contribution in [0, 0.1) is 0 Å². The molecule has 1 aromatic rings. The Bertz CT molecular complexity index is 706. The van der Waals surface area contributed by atoms with E-state index in [2.05, 4.69) is 19.9 Å². The van der Waals surface area contributed by atoms with E-state index in [9.17, 15) is 9.59 Å². The van der Waals surface area contributed by atoms with Crippen molar-refractivity contribution in [2.24, 2.45) is 5.73 Å². The van der Waals surface area contributed by atoms with E-state index in [4.69, 9.17) is 5.73 Å². The molecule has 0 radical (unpaired) electrons. The predicted octanol–water partition coefficient (Wildman–Crippen LogP) is 4.21. The van der Waals surface area contributed by atoms with Gasteiger partial charge in [-0.3, -0.25) is 9.28 Å². The van der Waals surface area contributed by atoms with Crippen molar-refractivity contribution in [2.75, 3.05) is 13.1 Å². The summed E-state index contributed by atoms with van der Waals surface area (Å²) in [5.74, 6) is 0.557. The van der Waals surface area contributed by atoms with Crippen LogP contribution in [0.25, 0.3) is 0 Å². The average molecular weight is 408 g/mol. The van der Waals surface area contributed by atoms with Crippen molar-refractivity contribution in [3.05, 3.63) is 34.9 Å². The summed E-state index contributed by atoms with van der Waals surface area (Å²) in [4.78, 5) is 25.7. The summed E-state index contributed by atoms with van der Waals surface area (Å²) in [7, 11) is 0. The maximum Gasteiger partial charge on any atom is 0.318 e. The number of carbonyl (C=O) groups is 2. The molecular formula is C23H36ClN2O2+. The zero-order valence-electron chi connectivity index (χ0n) is 17.4. The van der Waals surface area contributed by atoms with Crippen molar-refractivity contribution in [2.45, 2.75) is 83.7 Å². The highest BCUT2D eigenvalue weighted by molar-refractivity contribution is 5.98. The summed E-state index contributed by atoms with van der Waals surface area (Å²) in [6.45, 7) is 5.93. The van der Waals surface area contributed by atoms with Crippen LogP contribution in [0.1, 0.15) is 80.3 Å². The highest BCUT2D eigenvalue weighted by Gasteiger charge is 2.48. The van der Waals surface area contributed by atoms with E-state index in [0.717, 1.165) is 61.8 Å². The lowest BCUT2D eigenvalue weighted by Gasteiger charge is -2.49. The van der Waals surface area contributed by atoms with Crippen LogP contribution in [0.15, 0.2) is 18.2 Å². The molecule has 3 atom stereocenters. The number of aryl methyl sites for hydroxylation is 1. The fourth-order valence-corrected chi connectivity index (χ4v) is 5.41.